The van der Waals surface area contributed by atoms with Crippen LogP contribution in [0.1, 0.15) is 20.8 Å². The van der Waals surface area contributed by atoms with Crippen LogP contribution < -0.4 is 5.73 Å². The Hall–Kier alpha value is 0.220. The minimum atomic E-state index is -2.99. The maximum atomic E-state index is 12.1. The molecule has 0 aromatic carbocycles. The first-order valence-corrected chi connectivity index (χ1v) is 9.06. The molecule has 1 rings (SSSR count). The number of sulfone groups is 1. The molecule has 0 saturated carbocycles. The monoisotopic (exact) mass is 280 g/mol. The molecule has 1 heterocycles. The van der Waals surface area contributed by atoms with Crippen molar-refractivity contribution in [3.8, 4) is 0 Å². The van der Waals surface area contributed by atoms with Crippen molar-refractivity contribution in [2.75, 3.05) is 30.3 Å². The quantitative estimate of drug-likeness (QED) is 0.806. The van der Waals surface area contributed by atoms with Crippen LogP contribution in [0.15, 0.2) is 0 Å². The fourth-order valence-electron chi connectivity index (χ4n) is 2.09. The molecule has 0 aliphatic carbocycles. The van der Waals surface area contributed by atoms with Gasteiger partial charge in [-0.1, -0.05) is 13.8 Å². The zero-order valence-electron chi connectivity index (χ0n) is 10.9. The van der Waals surface area contributed by atoms with Gasteiger partial charge in [0, 0.05) is 29.8 Å². The third-order valence-electron chi connectivity index (χ3n) is 3.66. The lowest BCUT2D eigenvalue weighted by Crippen LogP contribution is -2.54. The number of nitrogens with two attached hydrogens (primary N) is 1. The number of hydrogen-bond acceptors (Lipinski definition) is 5. The van der Waals surface area contributed by atoms with Gasteiger partial charge in [0.2, 0.25) is 0 Å². The van der Waals surface area contributed by atoms with Crippen molar-refractivity contribution in [1.29, 1.82) is 0 Å². The molecule has 3 unspecified atom stereocenters. The van der Waals surface area contributed by atoms with Gasteiger partial charge in [-0.3, -0.25) is 4.90 Å². The van der Waals surface area contributed by atoms with E-state index in [2.05, 4.69) is 18.7 Å². The molecule has 102 valence electrons. The van der Waals surface area contributed by atoms with Crippen molar-refractivity contribution in [3.05, 3.63) is 0 Å². The highest BCUT2D eigenvalue weighted by Gasteiger charge is 2.36. The smallest absolute Gasteiger partial charge is 0.166 e. The van der Waals surface area contributed by atoms with E-state index in [0.29, 0.717) is 18.2 Å². The molecule has 17 heavy (non-hydrogen) atoms. The summed E-state index contributed by atoms with van der Waals surface area (Å²) in [7, 11) is -2.99. The van der Waals surface area contributed by atoms with Gasteiger partial charge in [-0.15, -0.1) is 0 Å². The summed E-state index contributed by atoms with van der Waals surface area (Å²) in [6, 6.07) is 0.229. The third kappa shape index (κ3) is 3.59. The molecule has 0 aromatic rings. The maximum absolute atomic E-state index is 12.1. The van der Waals surface area contributed by atoms with E-state index in [1.807, 2.05) is 0 Å². The zero-order valence-corrected chi connectivity index (χ0v) is 12.6. The predicted octanol–water partition coefficient (Wildman–Crippen LogP) is 0.779. The summed E-state index contributed by atoms with van der Waals surface area (Å²) in [6.45, 7) is 7.35. The van der Waals surface area contributed by atoms with Gasteiger partial charge in [0.25, 0.3) is 0 Å². The number of rotatable bonds is 5. The Morgan fingerprint density at radius 2 is 2.12 bits per heavy atom. The van der Waals surface area contributed by atoms with Gasteiger partial charge >= 0.3 is 0 Å². The number of hydrogen-bond donors (Lipinski definition) is 1. The van der Waals surface area contributed by atoms with Crippen molar-refractivity contribution in [3.63, 3.8) is 0 Å². The Morgan fingerprint density at radius 3 is 2.65 bits per heavy atom. The first-order chi connectivity index (χ1) is 7.94. The van der Waals surface area contributed by atoms with Crippen molar-refractivity contribution in [1.82, 2.24) is 4.90 Å². The first kappa shape index (κ1) is 15.3. The van der Waals surface area contributed by atoms with Crippen LogP contribution in [0, 0.1) is 5.92 Å². The second-order valence-corrected chi connectivity index (χ2v) is 8.27. The van der Waals surface area contributed by atoms with Crippen LogP contribution in [0.3, 0.4) is 0 Å². The van der Waals surface area contributed by atoms with Gasteiger partial charge in [-0.05, 0) is 19.4 Å². The average Bonchev–Trinajstić information content (AvgIpc) is 2.36. The first-order valence-electron chi connectivity index (χ1n) is 6.19. The van der Waals surface area contributed by atoms with Crippen molar-refractivity contribution >= 4 is 21.6 Å². The van der Waals surface area contributed by atoms with Gasteiger partial charge in [0.15, 0.2) is 9.84 Å². The topological polar surface area (TPSA) is 63.4 Å². The molecule has 4 nitrogen and oxygen atoms in total. The minimum absolute atomic E-state index is 0.221. The van der Waals surface area contributed by atoms with E-state index in [4.69, 9.17) is 5.73 Å². The number of nitrogens with zero attached hydrogens (tertiary/aromatic N) is 1. The lowest BCUT2D eigenvalue weighted by Gasteiger charge is -2.41. The summed E-state index contributed by atoms with van der Waals surface area (Å²) in [6.07, 6.45) is 0. The van der Waals surface area contributed by atoms with Crippen LogP contribution in [-0.4, -0.2) is 55.1 Å². The second kappa shape index (κ2) is 6.41. The largest absolute Gasteiger partial charge is 0.330 e. The summed E-state index contributed by atoms with van der Waals surface area (Å²) in [5.41, 5.74) is 5.69. The Morgan fingerprint density at radius 1 is 1.47 bits per heavy atom. The molecule has 0 spiro atoms. The van der Waals surface area contributed by atoms with E-state index >= 15 is 0 Å². The Kier molecular flexibility index (Phi) is 5.76. The van der Waals surface area contributed by atoms with Gasteiger partial charge in [0.1, 0.15) is 5.37 Å². The summed E-state index contributed by atoms with van der Waals surface area (Å²) in [5.74, 6) is 2.25. The Bertz CT molecular complexity index is 332. The Labute approximate surface area is 109 Å². The maximum Gasteiger partial charge on any atom is 0.166 e. The van der Waals surface area contributed by atoms with Crippen molar-refractivity contribution in [2.45, 2.75) is 32.2 Å². The molecule has 0 amide bonds. The van der Waals surface area contributed by atoms with Crippen molar-refractivity contribution in [2.24, 2.45) is 11.7 Å². The molecule has 0 radical (unpaired) electrons. The standard InChI is InChI=1S/C11H24N2O2S2/c1-4-17(14,15)11-8-16-6-5-13(11)10(3)9(2)7-12/h9-11H,4-8,12H2,1-3H3. The van der Waals surface area contributed by atoms with Gasteiger partial charge < -0.3 is 5.73 Å². The fourth-order valence-corrected chi connectivity index (χ4v) is 5.20. The van der Waals surface area contributed by atoms with Crippen LogP contribution in [0.5, 0.6) is 0 Å². The summed E-state index contributed by atoms with van der Waals surface area (Å²) < 4.78 is 24.2. The highest BCUT2D eigenvalue weighted by atomic mass is 32.2. The lowest BCUT2D eigenvalue weighted by atomic mass is 10.0. The van der Waals surface area contributed by atoms with E-state index in [0.717, 1.165) is 12.3 Å². The van der Waals surface area contributed by atoms with Crippen LogP contribution in [0.4, 0.5) is 0 Å². The molecular formula is C11H24N2O2S2. The van der Waals surface area contributed by atoms with E-state index in [1.54, 1.807) is 18.7 Å². The molecular weight excluding hydrogens is 256 g/mol. The van der Waals surface area contributed by atoms with Gasteiger partial charge in [-0.25, -0.2) is 8.42 Å². The zero-order chi connectivity index (χ0) is 13.1. The molecule has 3 atom stereocenters. The van der Waals surface area contributed by atoms with Crippen LogP contribution >= 0.6 is 11.8 Å². The molecule has 0 bridgehead atoms. The summed E-state index contributed by atoms with van der Waals surface area (Å²) in [5, 5.41) is -0.324. The highest BCUT2D eigenvalue weighted by molar-refractivity contribution is 8.01. The van der Waals surface area contributed by atoms with E-state index in [-0.39, 0.29) is 17.2 Å². The highest BCUT2D eigenvalue weighted by Crippen LogP contribution is 2.25. The molecule has 1 aliphatic heterocycles. The molecule has 1 fully saturated rings. The average molecular weight is 280 g/mol. The van der Waals surface area contributed by atoms with Crippen LogP contribution in [0.25, 0.3) is 0 Å². The molecule has 1 aliphatic rings. The molecule has 1 saturated heterocycles. The molecule has 6 heteroatoms. The second-order valence-electron chi connectivity index (χ2n) is 4.67. The number of thioether (sulfide) groups is 1. The van der Waals surface area contributed by atoms with Crippen LogP contribution in [-0.2, 0) is 9.84 Å². The third-order valence-corrected chi connectivity index (χ3v) is 6.96. The lowest BCUT2D eigenvalue weighted by molar-refractivity contribution is 0.160. The minimum Gasteiger partial charge on any atom is -0.330 e. The predicted molar refractivity (Wildman–Crippen MR) is 75.0 cm³/mol. The van der Waals surface area contributed by atoms with Crippen LogP contribution in [0.2, 0.25) is 0 Å². The SMILES string of the molecule is CCS(=O)(=O)C1CSCCN1C(C)C(C)CN. The molecule has 0 aromatic heterocycles. The summed E-state index contributed by atoms with van der Waals surface area (Å²) in [4.78, 5) is 2.13. The van der Waals surface area contributed by atoms with E-state index < -0.39 is 9.84 Å². The van der Waals surface area contributed by atoms with Gasteiger partial charge in [-0.2, -0.15) is 11.8 Å². The normalized spacial score (nSPS) is 26.7. The fraction of sp³-hybridized carbons (Fsp3) is 1.00. The summed E-state index contributed by atoms with van der Waals surface area (Å²) >= 11 is 1.73. The molecule has 2 N–H and O–H groups in total. The van der Waals surface area contributed by atoms with Gasteiger partial charge in [0.05, 0.1) is 0 Å². The van der Waals surface area contributed by atoms with Crippen molar-refractivity contribution < 1.29 is 8.42 Å². The Balaban J connectivity index is 2.86. The van der Waals surface area contributed by atoms with E-state index in [1.165, 1.54) is 0 Å². The van der Waals surface area contributed by atoms with E-state index in [9.17, 15) is 8.42 Å².